The Hall–Kier alpha value is -1.20. The Morgan fingerprint density at radius 3 is 2.45 bits per heavy atom. The highest BCUT2D eigenvalue weighted by molar-refractivity contribution is 7.27. The van der Waals surface area contributed by atoms with Gasteiger partial charge in [0, 0.05) is 14.3 Å². The first-order valence-corrected chi connectivity index (χ1v) is 8.30. The zero-order valence-electron chi connectivity index (χ0n) is 11.9. The summed E-state index contributed by atoms with van der Waals surface area (Å²) in [6, 6.07) is 8.99. The lowest BCUT2D eigenvalue weighted by Crippen LogP contribution is -2.28. The molecule has 0 aliphatic rings. The van der Waals surface area contributed by atoms with Gasteiger partial charge in [0.25, 0.3) is 0 Å². The Morgan fingerprint density at radius 2 is 1.75 bits per heavy atom. The minimum absolute atomic E-state index is 0.0684. The molecule has 0 aliphatic carbocycles. The van der Waals surface area contributed by atoms with Crippen LogP contribution in [-0.4, -0.2) is 0 Å². The maximum absolute atomic E-state index is 5.84. The fourth-order valence-electron chi connectivity index (χ4n) is 2.55. The molecule has 20 heavy (non-hydrogen) atoms. The van der Waals surface area contributed by atoms with Crippen molar-refractivity contribution in [1.82, 2.24) is 5.43 Å². The number of nitrogens with two attached hydrogens (primary N) is 1. The summed E-state index contributed by atoms with van der Waals surface area (Å²) in [7, 11) is 0. The molecule has 2 nitrogen and oxygen atoms in total. The number of thiophene rings is 2. The van der Waals surface area contributed by atoms with E-state index in [4.69, 9.17) is 5.84 Å². The van der Waals surface area contributed by atoms with Crippen molar-refractivity contribution in [3.63, 3.8) is 0 Å². The molecule has 0 aliphatic heterocycles. The lowest BCUT2D eigenvalue weighted by Gasteiger charge is -2.19. The molecule has 3 N–H and O–H groups in total. The zero-order chi connectivity index (χ0) is 14.3. The largest absolute Gasteiger partial charge is 0.271 e. The summed E-state index contributed by atoms with van der Waals surface area (Å²) in [6.07, 6.45) is 0. The van der Waals surface area contributed by atoms with Crippen LogP contribution in [0.2, 0.25) is 0 Å². The Bertz CT molecular complexity index is 727. The Kier molecular flexibility index (Phi) is 3.65. The topological polar surface area (TPSA) is 38.0 Å². The van der Waals surface area contributed by atoms with Gasteiger partial charge in [-0.3, -0.25) is 5.84 Å². The van der Waals surface area contributed by atoms with Gasteiger partial charge < -0.3 is 0 Å². The summed E-state index contributed by atoms with van der Waals surface area (Å²) >= 11 is 3.60. The van der Waals surface area contributed by atoms with E-state index in [2.05, 4.69) is 55.8 Å². The van der Waals surface area contributed by atoms with E-state index < -0.39 is 0 Å². The number of rotatable bonds is 3. The average molecular weight is 302 g/mol. The third-order valence-corrected chi connectivity index (χ3v) is 5.96. The molecule has 1 aromatic carbocycles. The summed E-state index contributed by atoms with van der Waals surface area (Å²) in [4.78, 5) is 1.28. The van der Waals surface area contributed by atoms with Crippen LogP contribution in [0, 0.1) is 20.8 Å². The van der Waals surface area contributed by atoms with Crippen LogP contribution in [0.4, 0.5) is 0 Å². The first kappa shape index (κ1) is 13.8. The number of hydrogen-bond acceptors (Lipinski definition) is 4. The Balaban J connectivity index is 2.09. The summed E-state index contributed by atoms with van der Waals surface area (Å²) in [5, 5.41) is 2.14. The van der Waals surface area contributed by atoms with E-state index in [0.717, 1.165) is 0 Å². The highest BCUT2D eigenvalue weighted by atomic mass is 32.1. The van der Waals surface area contributed by atoms with Crippen molar-refractivity contribution in [2.75, 3.05) is 0 Å². The van der Waals surface area contributed by atoms with Gasteiger partial charge in [0.15, 0.2) is 0 Å². The molecule has 0 saturated heterocycles. The quantitative estimate of drug-likeness (QED) is 0.554. The normalized spacial score (nSPS) is 13.0. The fraction of sp³-hybridized carbons (Fsp3) is 0.250. The SMILES string of the molecule is Cc1cc(C)c(C(NN)c2cc3sccc3s2)cc1C. The second-order valence-electron chi connectivity index (χ2n) is 5.19. The van der Waals surface area contributed by atoms with Crippen LogP contribution < -0.4 is 11.3 Å². The highest BCUT2D eigenvalue weighted by Crippen LogP contribution is 2.36. The molecule has 0 spiro atoms. The molecule has 4 heteroatoms. The highest BCUT2D eigenvalue weighted by Gasteiger charge is 2.18. The van der Waals surface area contributed by atoms with Gasteiger partial charge in [-0.25, -0.2) is 5.43 Å². The van der Waals surface area contributed by atoms with E-state index in [0.29, 0.717) is 0 Å². The summed E-state index contributed by atoms with van der Waals surface area (Å²) < 4.78 is 2.68. The first-order valence-electron chi connectivity index (χ1n) is 6.61. The van der Waals surface area contributed by atoms with Crippen molar-refractivity contribution >= 4 is 32.1 Å². The standard InChI is InChI=1S/C16H18N2S2/c1-9-6-11(3)12(7-10(9)2)16(18-17)15-8-14-13(20-15)4-5-19-14/h4-8,16,18H,17H2,1-3H3. The Labute approximate surface area is 127 Å². The average Bonchev–Trinajstić information content (AvgIpc) is 2.97. The van der Waals surface area contributed by atoms with Crippen molar-refractivity contribution in [3.05, 3.63) is 56.8 Å². The minimum Gasteiger partial charge on any atom is -0.271 e. The molecule has 104 valence electrons. The molecule has 0 amide bonds. The lowest BCUT2D eigenvalue weighted by atomic mass is 9.95. The zero-order valence-corrected chi connectivity index (χ0v) is 13.5. The van der Waals surface area contributed by atoms with Gasteiger partial charge in [-0.2, -0.15) is 0 Å². The van der Waals surface area contributed by atoms with Crippen LogP contribution in [0.3, 0.4) is 0 Å². The number of nitrogens with one attached hydrogen (secondary N) is 1. The molecular weight excluding hydrogens is 284 g/mol. The van der Waals surface area contributed by atoms with Crippen molar-refractivity contribution in [1.29, 1.82) is 0 Å². The smallest absolute Gasteiger partial charge is 0.0805 e. The van der Waals surface area contributed by atoms with Crippen molar-refractivity contribution < 1.29 is 0 Å². The van der Waals surface area contributed by atoms with Gasteiger partial charge in [-0.1, -0.05) is 12.1 Å². The third kappa shape index (κ3) is 2.29. The summed E-state index contributed by atoms with van der Waals surface area (Å²) in [5.74, 6) is 5.84. The van der Waals surface area contributed by atoms with E-state index in [-0.39, 0.29) is 6.04 Å². The molecule has 1 atom stereocenters. The molecule has 3 aromatic rings. The second-order valence-corrected chi connectivity index (χ2v) is 7.25. The summed E-state index contributed by atoms with van der Waals surface area (Å²) in [5.41, 5.74) is 8.18. The van der Waals surface area contributed by atoms with Crippen LogP contribution in [0.15, 0.2) is 29.6 Å². The number of aryl methyl sites for hydroxylation is 3. The van der Waals surface area contributed by atoms with Crippen LogP contribution in [0.1, 0.15) is 33.2 Å². The van der Waals surface area contributed by atoms with E-state index in [1.54, 1.807) is 11.3 Å². The first-order chi connectivity index (χ1) is 9.60. The molecular formula is C16H18N2S2. The van der Waals surface area contributed by atoms with Crippen molar-refractivity contribution in [2.45, 2.75) is 26.8 Å². The number of hydrazine groups is 1. The molecule has 0 saturated carbocycles. The molecule has 0 bridgehead atoms. The number of benzene rings is 1. The third-order valence-electron chi connectivity index (χ3n) is 3.80. The summed E-state index contributed by atoms with van der Waals surface area (Å²) in [6.45, 7) is 6.46. The van der Waals surface area contributed by atoms with Crippen LogP contribution in [0.25, 0.3) is 9.40 Å². The fourth-order valence-corrected chi connectivity index (χ4v) is 4.74. The second kappa shape index (κ2) is 5.30. The molecule has 2 aromatic heterocycles. The van der Waals surface area contributed by atoms with E-state index >= 15 is 0 Å². The number of fused-ring (bicyclic) bond motifs is 1. The molecule has 0 fully saturated rings. The molecule has 1 unspecified atom stereocenters. The predicted octanol–water partition coefficient (Wildman–Crippen LogP) is 4.44. The van der Waals surface area contributed by atoms with E-state index in [1.165, 1.54) is 36.5 Å². The van der Waals surface area contributed by atoms with E-state index in [9.17, 15) is 0 Å². The molecule has 3 rings (SSSR count). The maximum atomic E-state index is 5.84. The lowest BCUT2D eigenvalue weighted by molar-refractivity contribution is 0.643. The van der Waals surface area contributed by atoms with Crippen molar-refractivity contribution in [2.24, 2.45) is 5.84 Å². The van der Waals surface area contributed by atoms with E-state index in [1.807, 2.05) is 11.3 Å². The minimum atomic E-state index is 0.0684. The van der Waals surface area contributed by atoms with Gasteiger partial charge in [-0.05, 0) is 60.5 Å². The predicted molar refractivity (Wildman–Crippen MR) is 89.5 cm³/mol. The van der Waals surface area contributed by atoms with Gasteiger partial charge in [0.05, 0.1) is 6.04 Å². The van der Waals surface area contributed by atoms with Crippen LogP contribution >= 0.6 is 22.7 Å². The monoisotopic (exact) mass is 302 g/mol. The molecule has 2 heterocycles. The number of hydrogen-bond donors (Lipinski definition) is 2. The van der Waals surface area contributed by atoms with Gasteiger partial charge in [0.1, 0.15) is 0 Å². The molecule has 0 radical (unpaired) electrons. The van der Waals surface area contributed by atoms with Crippen LogP contribution in [-0.2, 0) is 0 Å². The Morgan fingerprint density at radius 1 is 1.00 bits per heavy atom. The van der Waals surface area contributed by atoms with Gasteiger partial charge in [-0.15, -0.1) is 22.7 Å². The van der Waals surface area contributed by atoms with Crippen molar-refractivity contribution in [3.8, 4) is 0 Å². The van der Waals surface area contributed by atoms with Gasteiger partial charge >= 0.3 is 0 Å². The maximum Gasteiger partial charge on any atom is 0.0805 e. The van der Waals surface area contributed by atoms with Crippen LogP contribution in [0.5, 0.6) is 0 Å². The van der Waals surface area contributed by atoms with Gasteiger partial charge in [0.2, 0.25) is 0 Å².